The number of amides is 1. The molecule has 0 aliphatic rings. The molecular formula is C16H12N6O2S. The van der Waals surface area contributed by atoms with Crippen LogP contribution in [-0.4, -0.2) is 31.1 Å². The molecule has 124 valence electrons. The standard InChI is InChI=1S/C16H12N6O2S/c1-22-14(19-20-21-22)10-4-2-5-11(8-10)17-15(23)12-9-25-16(18-12)13-6-3-7-24-13/h2-9H,1H3,(H,17,23). The zero-order chi connectivity index (χ0) is 17.2. The number of tetrazole rings is 1. The third kappa shape index (κ3) is 3.04. The summed E-state index contributed by atoms with van der Waals surface area (Å²) in [5.74, 6) is 0.966. The summed E-state index contributed by atoms with van der Waals surface area (Å²) in [6.45, 7) is 0. The van der Waals surface area contributed by atoms with Gasteiger partial charge in [-0.2, -0.15) is 0 Å². The molecule has 9 heteroatoms. The van der Waals surface area contributed by atoms with E-state index in [9.17, 15) is 4.79 Å². The van der Waals surface area contributed by atoms with Gasteiger partial charge in [-0.25, -0.2) is 9.67 Å². The first-order chi connectivity index (χ1) is 12.2. The van der Waals surface area contributed by atoms with Crippen LogP contribution in [-0.2, 0) is 7.05 Å². The number of anilines is 1. The number of nitrogens with one attached hydrogen (secondary N) is 1. The van der Waals surface area contributed by atoms with Gasteiger partial charge in [0.1, 0.15) is 5.69 Å². The van der Waals surface area contributed by atoms with Crippen LogP contribution in [0, 0.1) is 0 Å². The Morgan fingerprint density at radius 1 is 1.28 bits per heavy atom. The van der Waals surface area contributed by atoms with E-state index in [2.05, 4.69) is 25.8 Å². The number of hydrogen-bond donors (Lipinski definition) is 1. The lowest BCUT2D eigenvalue weighted by molar-refractivity contribution is 0.102. The fraction of sp³-hybridized carbons (Fsp3) is 0.0625. The quantitative estimate of drug-likeness (QED) is 0.606. The molecule has 0 spiro atoms. The van der Waals surface area contributed by atoms with Crippen molar-refractivity contribution in [3.63, 3.8) is 0 Å². The highest BCUT2D eigenvalue weighted by Gasteiger charge is 2.14. The van der Waals surface area contributed by atoms with Gasteiger partial charge in [0, 0.05) is 23.7 Å². The highest BCUT2D eigenvalue weighted by atomic mass is 32.1. The van der Waals surface area contributed by atoms with E-state index < -0.39 is 0 Å². The van der Waals surface area contributed by atoms with Crippen LogP contribution in [0.25, 0.3) is 22.2 Å². The highest BCUT2D eigenvalue weighted by molar-refractivity contribution is 7.13. The molecule has 0 aliphatic heterocycles. The van der Waals surface area contributed by atoms with E-state index in [1.54, 1.807) is 41.6 Å². The van der Waals surface area contributed by atoms with Crippen LogP contribution in [0.1, 0.15) is 10.5 Å². The number of rotatable bonds is 4. The molecule has 4 rings (SSSR count). The zero-order valence-electron chi connectivity index (χ0n) is 13.1. The summed E-state index contributed by atoms with van der Waals surface area (Å²) in [5.41, 5.74) is 1.78. The summed E-state index contributed by atoms with van der Waals surface area (Å²) in [4.78, 5) is 16.7. The van der Waals surface area contributed by atoms with Crippen LogP contribution in [0.5, 0.6) is 0 Å². The molecule has 0 bridgehead atoms. The molecule has 3 heterocycles. The molecule has 1 aromatic carbocycles. The van der Waals surface area contributed by atoms with Crippen molar-refractivity contribution in [3.8, 4) is 22.2 Å². The molecule has 8 nitrogen and oxygen atoms in total. The van der Waals surface area contributed by atoms with Crippen LogP contribution < -0.4 is 5.32 Å². The summed E-state index contributed by atoms with van der Waals surface area (Å²) in [6, 6.07) is 10.9. The van der Waals surface area contributed by atoms with Gasteiger partial charge in [0.15, 0.2) is 16.6 Å². The number of aromatic nitrogens is 5. The second-order valence-electron chi connectivity index (χ2n) is 5.18. The SMILES string of the molecule is Cn1nnnc1-c1cccc(NC(=O)c2csc(-c3ccco3)n2)c1. The average Bonchev–Trinajstić information content (AvgIpc) is 3.36. The number of thiazole rings is 1. The Balaban J connectivity index is 1.54. The second kappa shape index (κ2) is 6.29. The summed E-state index contributed by atoms with van der Waals surface area (Å²) >= 11 is 1.35. The van der Waals surface area contributed by atoms with E-state index in [-0.39, 0.29) is 5.91 Å². The number of benzene rings is 1. The maximum absolute atomic E-state index is 12.4. The van der Waals surface area contributed by atoms with Gasteiger partial charge in [0.25, 0.3) is 5.91 Å². The van der Waals surface area contributed by atoms with Gasteiger partial charge in [-0.15, -0.1) is 16.4 Å². The van der Waals surface area contributed by atoms with Gasteiger partial charge in [-0.3, -0.25) is 4.79 Å². The predicted octanol–water partition coefficient (Wildman–Crippen LogP) is 2.85. The Labute approximate surface area is 146 Å². The van der Waals surface area contributed by atoms with E-state index in [0.717, 1.165) is 5.56 Å². The molecule has 0 aliphatic carbocycles. The highest BCUT2D eigenvalue weighted by Crippen LogP contribution is 2.25. The van der Waals surface area contributed by atoms with Crippen molar-refractivity contribution in [3.05, 3.63) is 53.7 Å². The molecule has 0 atom stereocenters. The monoisotopic (exact) mass is 352 g/mol. The smallest absolute Gasteiger partial charge is 0.275 e. The number of carbonyl (C=O) groups excluding carboxylic acids is 1. The molecule has 0 unspecified atom stereocenters. The summed E-state index contributed by atoms with van der Waals surface area (Å²) in [6.07, 6.45) is 1.57. The van der Waals surface area contributed by atoms with Gasteiger partial charge in [0.2, 0.25) is 0 Å². The maximum Gasteiger partial charge on any atom is 0.275 e. The van der Waals surface area contributed by atoms with E-state index in [4.69, 9.17) is 4.42 Å². The Kier molecular flexibility index (Phi) is 3.82. The van der Waals surface area contributed by atoms with Crippen molar-refractivity contribution in [2.24, 2.45) is 7.05 Å². The van der Waals surface area contributed by atoms with Crippen LogP contribution in [0.15, 0.2) is 52.5 Å². The van der Waals surface area contributed by atoms with Gasteiger partial charge in [-0.1, -0.05) is 12.1 Å². The molecule has 1 amide bonds. The molecule has 1 N–H and O–H groups in total. The van der Waals surface area contributed by atoms with Gasteiger partial charge in [0.05, 0.1) is 6.26 Å². The number of furan rings is 1. The molecular weight excluding hydrogens is 340 g/mol. The minimum Gasteiger partial charge on any atom is -0.462 e. The fourth-order valence-corrected chi connectivity index (χ4v) is 3.06. The van der Waals surface area contributed by atoms with Crippen molar-refractivity contribution in [2.45, 2.75) is 0 Å². The lowest BCUT2D eigenvalue weighted by Gasteiger charge is -2.05. The predicted molar refractivity (Wildman–Crippen MR) is 92.0 cm³/mol. The topological polar surface area (TPSA) is 98.7 Å². The number of aryl methyl sites for hydroxylation is 1. The number of nitrogens with zero attached hydrogens (tertiary/aromatic N) is 5. The summed E-state index contributed by atoms with van der Waals surface area (Å²) in [5, 5.41) is 16.6. The fourth-order valence-electron chi connectivity index (χ4n) is 2.30. The number of hydrogen-bond acceptors (Lipinski definition) is 7. The van der Waals surface area contributed by atoms with Crippen molar-refractivity contribution in [1.82, 2.24) is 25.2 Å². The van der Waals surface area contributed by atoms with E-state index in [1.165, 1.54) is 11.3 Å². The maximum atomic E-state index is 12.4. The van der Waals surface area contributed by atoms with Crippen molar-refractivity contribution < 1.29 is 9.21 Å². The Bertz CT molecular complexity index is 1020. The minimum atomic E-state index is -0.290. The minimum absolute atomic E-state index is 0.290. The van der Waals surface area contributed by atoms with Crippen LogP contribution >= 0.6 is 11.3 Å². The van der Waals surface area contributed by atoms with E-state index in [0.29, 0.717) is 28.0 Å². The van der Waals surface area contributed by atoms with Crippen molar-refractivity contribution in [1.29, 1.82) is 0 Å². The Morgan fingerprint density at radius 2 is 2.20 bits per heavy atom. The molecule has 0 saturated carbocycles. The number of carbonyl (C=O) groups is 1. The first-order valence-electron chi connectivity index (χ1n) is 7.34. The molecule has 4 aromatic rings. The van der Waals surface area contributed by atoms with Crippen LogP contribution in [0.4, 0.5) is 5.69 Å². The third-order valence-electron chi connectivity index (χ3n) is 3.47. The molecule has 0 fully saturated rings. The normalized spacial score (nSPS) is 10.8. The molecule has 3 aromatic heterocycles. The summed E-state index contributed by atoms with van der Waals surface area (Å²) in [7, 11) is 1.76. The largest absolute Gasteiger partial charge is 0.462 e. The molecule has 0 radical (unpaired) electrons. The van der Waals surface area contributed by atoms with E-state index >= 15 is 0 Å². The van der Waals surface area contributed by atoms with Gasteiger partial charge in [-0.05, 0) is 34.7 Å². The lowest BCUT2D eigenvalue weighted by Crippen LogP contribution is -2.12. The average molecular weight is 352 g/mol. The summed E-state index contributed by atoms with van der Waals surface area (Å²) < 4.78 is 6.86. The van der Waals surface area contributed by atoms with Crippen LogP contribution in [0.2, 0.25) is 0 Å². The third-order valence-corrected chi connectivity index (χ3v) is 4.32. The Morgan fingerprint density at radius 3 is 2.96 bits per heavy atom. The first-order valence-corrected chi connectivity index (χ1v) is 8.22. The molecule has 25 heavy (non-hydrogen) atoms. The van der Waals surface area contributed by atoms with Crippen LogP contribution in [0.3, 0.4) is 0 Å². The molecule has 0 saturated heterocycles. The van der Waals surface area contributed by atoms with Gasteiger partial charge >= 0.3 is 0 Å². The Hall–Kier alpha value is -3.33. The van der Waals surface area contributed by atoms with Crippen molar-refractivity contribution >= 4 is 22.9 Å². The van der Waals surface area contributed by atoms with Gasteiger partial charge < -0.3 is 9.73 Å². The lowest BCUT2D eigenvalue weighted by atomic mass is 10.2. The second-order valence-corrected chi connectivity index (χ2v) is 6.03. The zero-order valence-corrected chi connectivity index (χ0v) is 13.9. The van der Waals surface area contributed by atoms with E-state index in [1.807, 2.05) is 18.2 Å². The van der Waals surface area contributed by atoms with Crippen molar-refractivity contribution in [2.75, 3.05) is 5.32 Å². The first kappa shape index (κ1) is 15.2.